The number of nitrogens with one attached hydrogen (secondary N) is 1. The molecule has 0 fully saturated rings. The molecule has 1 aliphatic carbocycles. The molecule has 0 heterocycles. The number of amides is 1. The Morgan fingerprint density at radius 2 is 1.59 bits per heavy atom. The second kappa shape index (κ2) is 9.74. The van der Waals surface area contributed by atoms with Gasteiger partial charge < -0.3 is 29.7 Å². The molecule has 1 amide bonds. The normalized spacial score (nSPS) is 12.9. The highest BCUT2D eigenvalue weighted by molar-refractivity contribution is 5.81. The standard InChI is InChI=1S/C26H25NO7/c1-32-23-13-15(12-22(28)24(23)33-2)11-21(25(29)30)27-26(31)34-14-20-18-9-5-3-7-16(18)17-8-4-6-10-19(17)20/h3-10,12-13,20-21,28H,11,14H2,1-2H3,(H,27,31)(H,29,30). The molecule has 0 aromatic heterocycles. The molecule has 4 rings (SSSR count). The van der Waals surface area contributed by atoms with Crippen LogP contribution in [-0.4, -0.2) is 49.1 Å². The second-order valence-corrected chi connectivity index (χ2v) is 7.92. The van der Waals surface area contributed by atoms with Crippen molar-refractivity contribution in [2.24, 2.45) is 0 Å². The van der Waals surface area contributed by atoms with E-state index in [9.17, 15) is 19.8 Å². The Kier molecular flexibility index (Phi) is 6.58. The van der Waals surface area contributed by atoms with Gasteiger partial charge in [-0.2, -0.15) is 0 Å². The van der Waals surface area contributed by atoms with Crippen molar-refractivity contribution in [1.82, 2.24) is 5.32 Å². The van der Waals surface area contributed by atoms with Gasteiger partial charge in [-0.25, -0.2) is 9.59 Å². The molecule has 1 atom stereocenters. The van der Waals surface area contributed by atoms with Crippen molar-refractivity contribution in [3.8, 4) is 28.4 Å². The van der Waals surface area contributed by atoms with E-state index in [0.717, 1.165) is 22.3 Å². The molecule has 34 heavy (non-hydrogen) atoms. The molecule has 1 aliphatic rings. The van der Waals surface area contributed by atoms with Crippen LogP contribution in [0.2, 0.25) is 0 Å². The minimum absolute atomic E-state index is 0.0728. The van der Waals surface area contributed by atoms with Gasteiger partial charge in [0.15, 0.2) is 11.5 Å². The Labute approximate surface area is 196 Å². The molecule has 0 bridgehead atoms. The minimum atomic E-state index is -1.27. The number of alkyl carbamates (subject to hydrolysis) is 1. The highest BCUT2D eigenvalue weighted by Crippen LogP contribution is 2.44. The molecule has 3 N–H and O–H groups in total. The Hall–Kier alpha value is -4.20. The lowest BCUT2D eigenvalue weighted by atomic mass is 9.98. The summed E-state index contributed by atoms with van der Waals surface area (Å²) in [6.07, 6.45) is -0.924. The van der Waals surface area contributed by atoms with Gasteiger partial charge in [0.1, 0.15) is 12.6 Å². The first-order valence-electron chi connectivity index (χ1n) is 10.7. The third-order valence-corrected chi connectivity index (χ3v) is 5.89. The monoisotopic (exact) mass is 463 g/mol. The van der Waals surface area contributed by atoms with Crippen molar-refractivity contribution in [2.45, 2.75) is 18.4 Å². The van der Waals surface area contributed by atoms with Gasteiger partial charge in [0.25, 0.3) is 0 Å². The van der Waals surface area contributed by atoms with E-state index in [4.69, 9.17) is 14.2 Å². The minimum Gasteiger partial charge on any atom is -0.504 e. The van der Waals surface area contributed by atoms with Crippen LogP contribution in [0.4, 0.5) is 4.79 Å². The third-order valence-electron chi connectivity index (χ3n) is 5.89. The predicted octanol–water partition coefficient (Wildman–Crippen LogP) is 3.94. The van der Waals surface area contributed by atoms with E-state index in [0.29, 0.717) is 5.56 Å². The van der Waals surface area contributed by atoms with Gasteiger partial charge in [-0.1, -0.05) is 48.5 Å². The number of ether oxygens (including phenoxy) is 3. The van der Waals surface area contributed by atoms with E-state index in [1.54, 1.807) is 6.07 Å². The van der Waals surface area contributed by atoms with Crippen LogP contribution in [0, 0.1) is 0 Å². The Balaban J connectivity index is 1.45. The van der Waals surface area contributed by atoms with Crippen molar-refractivity contribution in [1.29, 1.82) is 0 Å². The maximum atomic E-state index is 12.5. The van der Waals surface area contributed by atoms with E-state index in [-0.39, 0.29) is 36.2 Å². The fourth-order valence-electron chi connectivity index (χ4n) is 4.34. The zero-order valence-electron chi connectivity index (χ0n) is 18.8. The molecule has 0 aliphatic heterocycles. The van der Waals surface area contributed by atoms with Crippen molar-refractivity contribution < 1.29 is 34.0 Å². The number of phenols is 1. The van der Waals surface area contributed by atoms with Gasteiger partial charge in [0.05, 0.1) is 14.2 Å². The van der Waals surface area contributed by atoms with Crippen LogP contribution < -0.4 is 14.8 Å². The van der Waals surface area contributed by atoms with E-state index >= 15 is 0 Å². The Bertz CT molecular complexity index is 1180. The number of carboxylic acid groups (broad SMARTS) is 1. The van der Waals surface area contributed by atoms with Crippen LogP contribution >= 0.6 is 0 Å². The highest BCUT2D eigenvalue weighted by Gasteiger charge is 2.30. The van der Waals surface area contributed by atoms with Gasteiger partial charge in [-0.05, 0) is 39.9 Å². The van der Waals surface area contributed by atoms with Crippen molar-refractivity contribution in [2.75, 3.05) is 20.8 Å². The number of aromatic hydroxyl groups is 1. The summed E-state index contributed by atoms with van der Waals surface area (Å²) in [7, 11) is 2.79. The van der Waals surface area contributed by atoms with Crippen LogP contribution in [0.15, 0.2) is 60.7 Å². The first-order chi connectivity index (χ1) is 16.4. The number of rotatable bonds is 8. The smallest absolute Gasteiger partial charge is 0.407 e. The lowest BCUT2D eigenvalue weighted by Gasteiger charge is -2.18. The summed E-state index contributed by atoms with van der Waals surface area (Å²) in [6.45, 7) is 0.0728. The number of carboxylic acids is 1. The van der Waals surface area contributed by atoms with Crippen molar-refractivity contribution in [3.05, 3.63) is 77.4 Å². The number of methoxy groups -OCH3 is 2. The van der Waals surface area contributed by atoms with E-state index < -0.39 is 18.1 Å². The van der Waals surface area contributed by atoms with E-state index in [1.807, 2.05) is 48.5 Å². The molecular weight excluding hydrogens is 438 g/mol. The van der Waals surface area contributed by atoms with Crippen LogP contribution in [0.1, 0.15) is 22.6 Å². The predicted molar refractivity (Wildman–Crippen MR) is 125 cm³/mol. The quantitative estimate of drug-likeness (QED) is 0.464. The van der Waals surface area contributed by atoms with Gasteiger partial charge in [-0.15, -0.1) is 0 Å². The first-order valence-corrected chi connectivity index (χ1v) is 10.7. The van der Waals surface area contributed by atoms with Gasteiger partial charge in [0, 0.05) is 12.3 Å². The van der Waals surface area contributed by atoms with Crippen molar-refractivity contribution >= 4 is 12.1 Å². The zero-order chi connectivity index (χ0) is 24.2. The molecule has 176 valence electrons. The number of hydrogen-bond donors (Lipinski definition) is 3. The Morgan fingerprint density at radius 3 is 2.15 bits per heavy atom. The van der Waals surface area contributed by atoms with Gasteiger partial charge in [-0.3, -0.25) is 0 Å². The summed E-state index contributed by atoms with van der Waals surface area (Å²) >= 11 is 0. The molecular formula is C26H25NO7. The first kappa shape index (κ1) is 23.0. The fraction of sp³-hybridized carbons (Fsp3) is 0.231. The number of hydrogen-bond acceptors (Lipinski definition) is 6. The molecule has 8 nitrogen and oxygen atoms in total. The van der Waals surface area contributed by atoms with E-state index in [1.165, 1.54) is 20.3 Å². The third kappa shape index (κ3) is 4.47. The number of carbonyl (C=O) groups is 2. The summed E-state index contributed by atoms with van der Waals surface area (Å²) in [4.78, 5) is 24.3. The zero-order valence-corrected chi connectivity index (χ0v) is 18.8. The SMILES string of the molecule is COc1cc(CC(NC(=O)OCC2c3ccccc3-c3ccccc32)C(=O)O)cc(O)c1OC. The summed E-state index contributed by atoms with van der Waals surface area (Å²) in [5.74, 6) is -1.17. The summed E-state index contributed by atoms with van der Waals surface area (Å²) < 4.78 is 15.7. The summed E-state index contributed by atoms with van der Waals surface area (Å²) in [5, 5.41) is 22.2. The fourth-order valence-corrected chi connectivity index (χ4v) is 4.34. The van der Waals surface area contributed by atoms with Crippen LogP contribution in [0.3, 0.4) is 0 Å². The second-order valence-electron chi connectivity index (χ2n) is 7.92. The number of carbonyl (C=O) groups excluding carboxylic acids is 1. The highest BCUT2D eigenvalue weighted by atomic mass is 16.5. The van der Waals surface area contributed by atoms with Gasteiger partial charge in [0.2, 0.25) is 5.75 Å². The maximum Gasteiger partial charge on any atom is 0.407 e. The molecule has 3 aromatic carbocycles. The van der Waals surface area contributed by atoms with Gasteiger partial charge >= 0.3 is 12.1 Å². The van der Waals surface area contributed by atoms with Crippen LogP contribution in [0.25, 0.3) is 11.1 Å². The number of fused-ring (bicyclic) bond motifs is 3. The Morgan fingerprint density at radius 1 is 0.971 bits per heavy atom. The van der Waals surface area contributed by atoms with Crippen molar-refractivity contribution in [3.63, 3.8) is 0 Å². The molecule has 3 aromatic rings. The topological polar surface area (TPSA) is 114 Å². The summed E-state index contributed by atoms with van der Waals surface area (Å²) in [6, 6.07) is 17.5. The molecule has 8 heteroatoms. The lowest BCUT2D eigenvalue weighted by Crippen LogP contribution is -2.42. The average molecular weight is 463 g/mol. The lowest BCUT2D eigenvalue weighted by molar-refractivity contribution is -0.139. The largest absolute Gasteiger partial charge is 0.504 e. The molecule has 0 saturated heterocycles. The van der Waals surface area contributed by atoms with Crippen LogP contribution in [-0.2, 0) is 16.0 Å². The summed E-state index contributed by atoms with van der Waals surface area (Å²) in [5.41, 5.74) is 4.77. The molecule has 0 saturated carbocycles. The number of benzene rings is 3. The van der Waals surface area contributed by atoms with E-state index in [2.05, 4.69) is 5.32 Å². The van der Waals surface area contributed by atoms with Crippen LogP contribution in [0.5, 0.6) is 17.2 Å². The molecule has 0 radical (unpaired) electrons. The molecule has 0 spiro atoms. The molecule has 1 unspecified atom stereocenters. The number of aliphatic carboxylic acids is 1. The number of phenolic OH excluding ortho intramolecular Hbond substituents is 1. The average Bonchev–Trinajstić information content (AvgIpc) is 3.15. The maximum absolute atomic E-state index is 12.5.